The van der Waals surface area contributed by atoms with E-state index in [1.165, 1.54) is 103 Å². The lowest BCUT2D eigenvalue weighted by atomic mass is 10.2. The molecule has 0 aromatic rings. The predicted octanol–water partition coefficient (Wildman–Crippen LogP) is 8.78. The largest absolute Gasteiger partial charge is 0.400 e. The summed E-state index contributed by atoms with van der Waals surface area (Å²) in [6.07, 6.45) is 22.1. The maximum Gasteiger partial charge on any atom is 0.0319 e. The second-order valence-corrected chi connectivity index (χ2v) is 6.83. The molecule has 0 spiro atoms. The van der Waals surface area contributed by atoms with Crippen molar-refractivity contribution in [3.8, 4) is 0 Å². The van der Waals surface area contributed by atoms with Crippen molar-refractivity contribution in [2.45, 2.75) is 158 Å². The van der Waals surface area contributed by atoms with Gasteiger partial charge >= 0.3 is 0 Å². The maximum atomic E-state index is 7.00. The van der Waals surface area contributed by atoms with Gasteiger partial charge in [-0.15, -0.1) is 0 Å². The second kappa shape index (κ2) is 109. The van der Waals surface area contributed by atoms with Gasteiger partial charge in [-0.2, -0.15) is 0 Å². The number of aliphatic hydroxyl groups excluding tert-OH is 4. The van der Waals surface area contributed by atoms with Gasteiger partial charge < -0.3 is 20.4 Å². The molecule has 0 heterocycles. The van der Waals surface area contributed by atoms with E-state index in [9.17, 15) is 0 Å². The highest BCUT2D eigenvalue weighted by atomic mass is 16.2. The van der Waals surface area contributed by atoms with Crippen molar-refractivity contribution in [2.75, 3.05) is 28.4 Å². The zero-order valence-corrected chi connectivity index (χ0v) is 25.1. The van der Waals surface area contributed by atoms with Gasteiger partial charge in [0.2, 0.25) is 0 Å². The molecule has 0 saturated carbocycles. The van der Waals surface area contributed by atoms with Crippen LogP contribution in [0.4, 0.5) is 0 Å². The minimum atomic E-state index is 1.00. The second-order valence-electron chi connectivity index (χ2n) is 6.83. The minimum Gasteiger partial charge on any atom is -0.400 e. The summed E-state index contributed by atoms with van der Waals surface area (Å²) in [5, 5.41) is 28.0. The Labute approximate surface area is 207 Å². The fourth-order valence-electron chi connectivity index (χ4n) is 2.00. The third-order valence-corrected chi connectivity index (χ3v) is 3.83. The van der Waals surface area contributed by atoms with Crippen molar-refractivity contribution in [3.05, 3.63) is 0 Å². The summed E-state index contributed by atoms with van der Waals surface area (Å²) in [5.41, 5.74) is 0. The van der Waals surface area contributed by atoms with Crippen molar-refractivity contribution in [1.82, 2.24) is 0 Å². The van der Waals surface area contributed by atoms with Crippen LogP contribution < -0.4 is 0 Å². The average molecular weight is 473 g/mol. The predicted molar refractivity (Wildman–Crippen MR) is 152 cm³/mol. The molecule has 0 rings (SSSR count). The van der Waals surface area contributed by atoms with E-state index in [4.69, 9.17) is 20.4 Å². The van der Waals surface area contributed by atoms with Gasteiger partial charge in [-0.25, -0.2) is 0 Å². The Bertz CT molecular complexity index is 97.4. The molecule has 0 saturated heterocycles. The summed E-state index contributed by atoms with van der Waals surface area (Å²) >= 11 is 0. The molecule has 208 valence electrons. The highest BCUT2D eigenvalue weighted by Gasteiger charge is 1.77. The topological polar surface area (TPSA) is 80.9 Å². The quantitative estimate of drug-likeness (QED) is 0.214. The summed E-state index contributed by atoms with van der Waals surface area (Å²) in [5.74, 6) is 0. The molecule has 0 aromatic heterocycles. The van der Waals surface area contributed by atoms with Crippen LogP contribution >= 0.6 is 0 Å². The summed E-state index contributed by atoms with van der Waals surface area (Å²) in [7, 11) is 4.00. The highest BCUT2D eigenvalue weighted by Crippen LogP contribution is 1.97. The fraction of sp³-hybridized carbons (Fsp3) is 1.00. The molecule has 0 radical (unpaired) electrons. The first-order valence-corrected chi connectivity index (χ1v) is 13.4. The SMILES string of the molecule is CCCCCC.CCCCCC.CCCCCC.CCCCCC.CO.CO.CO.CO. The molecule has 0 aliphatic heterocycles. The van der Waals surface area contributed by atoms with Gasteiger partial charge in [0.05, 0.1) is 0 Å². The monoisotopic (exact) mass is 473 g/mol. The number of hydrogen-bond acceptors (Lipinski definition) is 4. The van der Waals surface area contributed by atoms with Gasteiger partial charge in [0, 0.05) is 28.4 Å². The molecule has 0 aromatic carbocycles. The van der Waals surface area contributed by atoms with E-state index >= 15 is 0 Å². The minimum absolute atomic E-state index is 1.00. The Kier molecular flexibility index (Phi) is 182. The summed E-state index contributed by atoms with van der Waals surface area (Å²) in [6.45, 7) is 17.9. The van der Waals surface area contributed by atoms with Crippen LogP contribution in [-0.4, -0.2) is 48.9 Å². The number of rotatable bonds is 12. The van der Waals surface area contributed by atoms with Crippen LogP contribution in [0.15, 0.2) is 0 Å². The number of unbranched alkanes of at least 4 members (excludes halogenated alkanes) is 12. The molecule has 0 aliphatic rings. The standard InChI is InChI=1S/4C6H14.4CH4O/c4*1-3-5-6-4-2;4*1-2/h4*3-6H2,1-2H3;4*2H,1H3. The Hall–Kier alpha value is -0.160. The molecule has 4 nitrogen and oxygen atoms in total. The first-order chi connectivity index (χ1) is 15.7. The van der Waals surface area contributed by atoms with Gasteiger partial charge in [-0.3, -0.25) is 0 Å². The van der Waals surface area contributed by atoms with E-state index in [0.29, 0.717) is 0 Å². The molecule has 0 amide bonds. The Balaban J connectivity index is -0.0000000361. The molecule has 4 heteroatoms. The highest BCUT2D eigenvalue weighted by molar-refractivity contribution is 4.32. The van der Waals surface area contributed by atoms with Crippen LogP contribution in [0.3, 0.4) is 0 Å². The Morgan fingerprint density at radius 3 is 0.312 bits per heavy atom. The van der Waals surface area contributed by atoms with Gasteiger partial charge in [-0.05, 0) is 0 Å². The molecule has 0 aliphatic carbocycles. The lowest BCUT2D eigenvalue weighted by molar-refractivity contribution is 0.399. The van der Waals surface area contributed by atoms with Crippen molar-refractivity contribution >= 4 is 0 Å². The summed E-state index contributed by atoms with van der Waals surface area (Å²) < 4.78 is 0. The first-order valence-electron chi connectivity index (χ1n) is 13.4. The van der Waals surface area contributed by atoms with Crippen LogP contribution in [0.5, 0.6) is 0 Å². The third-order valence-electron chi connectivity index (χ3n) is 3.83. The molecular weight excluding hydrogens is 400 g/mol. The third kappa shape index (κ3) is 177. The number of aliphatic hydroxyl groups is 4. The maximum absolute atomic E-state index is 7.00. The van der Waals surface area contributed by atoms with Crippen molar-refractivity contribution < 1.29 is 20.4 Å². The zero-order chi connectivity index (χ0) is 27.3. The van der Waals surface area contributed by atoms with Gasteiger partial charge in [0.15, 0.2) is 0 Å². The van der Waals surface area contributed by atoms with E-state index in [0.717, 1.165) is 28.4 Å². The van der Waals surface area contributed by atoms with Crippen LogP contribution in [0.2, 0.25) is 0 Å². The van der Waals surface area contributed by atoms with Crippen molar-refractivity contribution in [1.29, 1.82) is 0 Å². The molecule has 4 N–H and O–H groups in total. The van der Waals surface area contributed by atoms with E-state index < -0.39 is 0 Å². The van der Waals surface area contributed by atoms with Crippen LogP contribution in [0, 0.1) is 0 Å². The van der Waals surface area contributed by atoms with Crippen LogP contribution in [0.1, 0.15) is 158 Å². The average Bonchev–Trinajstić information content (AvgIpc) is 2.89. The molecule has 0 bridgehead atoms. The van der Waals surface area contributed by atoms with E-state index in [1.54, 1.807) is 0 Å². The van der Waals surface area contributed by atoms with Gasteiger partial charge in [-0.1, -0.05) is 158 Å². The van der Waals surface area contributed by atoms with E-state index in [2.05, 4.69) is 55.4 Å². The molecule has 0 unspecified atom stereocenters. The molecular formula is C28H72O4. The molecule has 0 fully saturated rings. The van der Waals surface area contributed by atoms with Crippen molar-refractivity contribution in [2.24, 2.45) is 0 Å². The lowest BCUT2D eigenvalue weighted by Gasteiger charge is -1.86. The van der Waals surface area contributed by atoms with E-state index in [1.807, 2.05) is 0 Å². The number of hydrogen-bond donors (Lipinski definition) is 4. The molecule has 32 heavy (non-hydrogen) atoms. The lowest BCUT2D eigenvalue weighted by Crippen LogP contribution is -1.66. The van der Waals surface area contributed by atoms with E-state index in [-0.39, 0.29) is 0 Å². The summed E-state index contributed by atoms with van der Waals surface area (Å²) in [4.78, 5) is 0. The Morgan fingerprint density at radius 1 is 0.219 bits per heavy atom. The first kappa shape index (κ1) is 53.3. The fourth-order valence-corrected chi connectivity index (χ4v) is 2.00. The smallest absolute Gasteiger partial charge is 0.0319 e. The van der Waals surface area contributed by atoms with Crippen LogP contribution in [0.25, 0.3) is 0 Å². The zero-order valence-electron chi connectivity index (χ0n) is 25.1. The normalized spacial score (nSPS) is 7.50. The molecule has 0 atom stereocenters. The van der Waals surface area contributed by atoms with Gasteiger partial charge in [0.25, 0.3) is 0 Å². The Morgan fingerprint density at radius 2 is 0.281 bits per heavy atom. The van der Waals surface area contributed by atoms with Crippen molar-refractivity contribution in [3.63, 3.8) is 0 Å². The summed E-state index contributed by atoms with van der Waals surface area (Å²) in [6, 6.07) is 0. The van der Waals surface area contributed by atoms with Gasteiger partial charge in [0.1, 0.15) is 0 Å². The van der Waals surface area contributed by atoms with Crippen LogP contribution in [-0.2, 0) is 0 Å².